The predicted octanol–water partition coefficient (Wildman–Crippen LogP) is 2.77. The van der Waals surface area contributed by atoms with E-state index in [1.807, 2.05) is 30.3 Å². The molecule has 25 heavy (non-hydrogen) atoms. The fraction of sp³-hybridized carbons (Fsp3) is 0.389. The highest BCUT2D eigenvalue weighted by Crippen LogP contribution is 2.25. The zero-order chi connectivity index (χ0) is 17.6. The van der Waals surface area contributed by atoms with Gasteiger partial charge in [0.05, 0.1) is 5.92 Å². The lowest BCUT2D eigenvalue weighted by Gasteiger charge is -2.30. The van der Waals surface area contributed by atoms with Crippen LogP contribution in [0.3, 0.4) is 0 Å². The van der Waals surface area contributed by atoms with E-state index in [0.29, 0.717) is 11.6 Å². The number of carbonyl (C=O) groups excluding carboxylic acids is 2. The molecule has 0 bridgehead atoms. The van der Waals surface area contributed by atoms with E-state index in [4.69, 9.17) is 4.52 Å². The van der Waals surface area contributed by atoms with E-state index >= 15 is 0 Å². The van der Waals surface area contributed by atoms with Crippen molar-refractivity contribution in [3.05, 3.63) is 36.4 Å². The standard InChI is InChI=1S/C18H22N4O3/c1-19-17(23)13-9-5-6-10-14(13)20-18(24)21-16-11-15(25-22-16)12-7-3-2-4-8-12/h2-4,7-8,11,13-14H,5-6,9-10H2,1H3,(H,19,23)(H2,20,21,22,24)/t13-,14+/m1/s1. The highest BCUT2D eigenvalue weighted by Gasteiger charge is 2.31. The monoisotopic (exact) mass is 342 g/mol. The molecule has 2 aromatic rings. The first-order valence-electron chi connectivity index (χ1n) is 8.48. The smallest absolute Gasteiger partial charge is 0.320 e. The van der Waals surface area contributed by atoms with Crippen molar-refractivity contribution in [1.82, 2.24) is 15.8 Å². The van der Waals surface area contributed by atoms with Gasteiger partial charge in [0.15, 0.2) is 11.6 Å². The molecule has 0 spiro atoms. The first-order valence-corrected chi connectivity index (χ1v) is 8.48. The van der Waals surface area contributed by atoms with Gasteiger partial charge in [-0.1, -0.05) is 48.3 Å². The zero-order valence-electron chi connectivity index (χ0n) is 14.1. The van der Waals surface area contributed by atoms with Crippen molar-refractivity contribution in [2.24, 2.45) is 5.92 Å². The first-order chi connectivity index (χ1) is 12.2. The maximum Gasteiger partial charge on any atom is 0.320 e. The number of amides is 3. The summed E-state index contributed by atoms with van der Waals surface area (Å²) >= 11 is 0. The lowest BCUT2D eigenvalue weighted by molar-refractivity contribution is -0.126. The first kappa shape index (κ1) is 17.0. The van der Waals surface area contributed by atoms with Crippen molar-refractivity contribution in [3.63, 3.8) is 0 Å². The summed E-state index contributed by atoms with van der Waals surface area (Å²) in [4.78, 5) is 24.2. The van der Waals surface area contributed by atoms with Gasteiger partial charge in [-0.2, -0.15) is 0 Å². The van der Waals surface area contributed by atoms with Crippen LogP contribution >= 0.6 is 0 Å². The Balaban J connectivity index is 1.60. The van der Waals surface area contributed by atoms with Crippen molar-refractivity contribution >= 4 is 17.8 Å². The largest absolute Gasteiger partial charge is 0.359 e. The van der Waals surface area contributed by atoms with Gasteiger partial charge in [-0.3, -0.25) is 10.1 Å². The number of carbonyl (C=O) groups is 2. The molecule has 2 atom stereocenters. The highest BCUT2D eigenvalue weighted by molar-refractivity contribution is 5.89. The maximum absolute atomic E-state index is 12.2. The Hall–Kier alpha value is -2.83. The molecule has 3 rings (SSSR count). The molecule has 132 valence electrons. The topological polar surface area (TPSA) is 96.3 Å². The van der Waals surface area contributed by atoms with E-state index in [1.54, 1.807) is 13.1 Å². The van der Waals surface area contributed by atoms with Gasteiger partial charge in [0.25, 0.3) is 0 Å². The van der Waals surface area contributed by atoms with Crippen molar-refractivity contribution in [3.8, 4) is 11.3 Å². The number of nitrogens with zero attached hydrogens (tertiary/aromatic N) is 1. The van der Waals surface area contributed by atoms with Crippen molar-refractivity contribution in [2.75, 3.05) is 12.4 Å². The Kier molecular flexibility index (Phi) is 5.33. The molecule has 7 heteroatoms. The molecule has 1 fully saturated rings. The van der Waals surface area contributed by atoms with Crippen LogP contribution in [0.4, 0.5) is 10.6 Å². The van der Waals surface area contributed by atoms with Crippen LogP contribution in [0.25, 0.3) is 11.3 Å². The molecule has 1 aliphatic carbocycles. The normalized spacial score (nSPS) is 19.9. The summed E-state index contributed by atoms with van der Waals surface area (Å²) in [7, 11) is 1.62. The average Bonchev–Trinajstić information content (AvgIpc) is 3.10. The van der Waals surface area contributed by atoms with E-state index in [0.717, 1.165) is 31.2 Å². The van der Waals surface area contributed by atoms with Crippen LogP contribution in [0.2, 0.25) is 0 Å². The van der Waals surface area contributed by atoms with Crippen molar-refractivity contribution < 1.29 is 14.1 Å². The molecule has 0 saturated heterocycles. The minimum absolute atomic E-state index is 0.0298. The van der Waals surface area contributed by atoms with Crippen LogP contribution in [0.15, 0.2) is 40.9 Å². The number of urea groups is 1. The molecule has 1 aromatic heterocycles. The highest BCUT2D eigenvalue weighted by atomic mass is 16.5. The SMILES string of the molecule is CNC(=O)[C@@H]1CCCC[C@@H]1NC(=O)Nc1cc(-c2ccccc2)on1. The Bertz CT molecular complexity index is 729. The Morgan fingerprint density at radius 1 is 1.16 bits per heavy atom. The van der Waals surface area contributed by atoms with Crippen LogP contribution in [-0.4, -0.2) is 30.2 Å². The van der Waals surface area contributed by atoms with E-state index in [1.165, 1.54) is 0 Å². The fourth-order valence-corrected chi connectivity index (χ4v) is 3.20. The summed E-state index contributed by atoms with van der Waals surface area (Å²) in [6, 6.07) is 10.6. The van der Waals surface area contributed by atoms with E-state index < -0.39 is 0 Å². The molecule has 1 aliphatic rings. The van der Waals surface area contributed by atoms with Crippen molar-refractivity contribution in [2.45, 2.75) is 31.7 Å². The zero-order valence-corrected chi connectivity index (χ0v) is 14.1. The van der Waals surface area contributed by atoms with Gasteiger partial charge in [-0.25, -0.2) is 4.79 Å². The molecule has 1 heterocycles. The molecular formula is C18H22N4O3. The number of aromatic nitrogens is 1. The van der Waals surface area contributed by atoms with Gasteiger partial charge in [-0.05, 0) is 12.8 Å². The lowest BCUT2D eigenvalue weighted by Crippen LogP contribution is -2.49. The number of rotatable bonds is 4. The maximum atomic E-state index is 12.2. The summed E-state index contributed by atoms with van der Waals surface area (Å²) in [5.74, 6) is 0.694. The molecule has 1 saturated carbocycles. The second kappa shape index (κ2) is 7.83. The molecule has 0 aliphatic heterocycles. The van der Waals surface area contributed by atoms with Crippen LogP contribution < -0.4 is 16.0 Å². The molecule has 1 aromatic carbocycles. The number of nitrogens with one attached hydrogen (secondary N) is 3. The quantitative estimate of drug-likeness (QED) is 0.796. The second-order valence-electron chi connectivity index (χ2n) is 6.15. The van der Waals surface area contributed by atoms with Gasteiger partial charge >= 0.3 is 6.03 Å². The molecule has 3 N–H and O–H groups in total. The Morgan fingerprint density at radius 3 is 2.68 bits per heavy atom. The van der Waals surface area contributed by atoms with Gasteiger partial charge in [0.1, 0.15) is 0 Å². The molecule has 0 radical (unpaired) electrons. The molecule has 0 unspecified atom stereocenters. The van der Waals surface area contributed by atoms with Crippen LogP contribution in [0.1, 0.15) is 25.7 Å². The summed E-state index contributed by atoms with van der Waals surface area (Å²) in [6.07, 6.45) is 3.58. The minimum atomic E-state index is -0.381. The van der Waals surface area contributed by atoms with Gasteiger partial charge in [0.2, 0.25) is 5.91 Å². The summed E-state index contributed by atoms with van der Waals surface area (Å²) in [6.45, 7) is 0. The van der Waals surface area contributed by atoms with Crippen LogP contribution in [0.5, 0.6) is 0 Å². The Morgan fingerprint density at radius 2 is 1.92 bits per heavy atom. The molecule has 3 amide bonds. The number of benzene rings is 1. The number of anilines is 1. The summed E-state index contributed by atoms with van der Waals surface area (Å²) in [5, 5.41) is 12.1. The van der Waals surface area contributed by atoms with Gasteiger partial charge < -0.3 is 15.2 Å². The Labute approximate surface area is 146 Å². The number of hydrogen-bond donors (Lipinski definition) is 3. The lowest BCUT2D eigenvalue weighted by atomic mass is 9.84. The third kappa shape index (κ3) is 4.17. The molecule has 7 nitrogen and oxygen atoms in total. The van der Waals surface area contributed by atoms with Gasteiger partial charge in [-0.15, -0.1) is 0 Å². The van der Waals surface area contributed by atoms with E-state index in [2.05, 4.69) is 21.1 Å². The second-order valence-corrected chi connectivity index (χ2v) is 6.15. The third-order valence-corrected chi connectivity index (χ3v) is 4.48. The average molecular weight is 342 g/mol. The van der Waals surface area contributed by atoms with E-state index in [-0.39, 0.29) is 23.9 Å². The number of hydrogen-bond acceptors (Lipinski definition) is 4. The van der Waals surface area contributed by atoms with Gasteiger partial charge in [0, 0.05) is 24.7 Å². The fourth-order valence-electron chi connectivity index (χ4n) is 3.20. The van der Waals surface area contributed by atoms with E-state index in [9.17, 15) is 9.59 Å². The third-order valence-electron chi connectivity index (χ3n) is 4.48. The molecular weight excluding hydrogens is 320 g/mol. The van der Waals surface area contributed by atoms with Crippen LogP contribution in [0, 0.1) is 5.92 Å². The summed E-state index contributed by atoms with van der Waals surface area (Å²) < 4.78 is 5.26. The van der Waals surface area contributed by atoms with Crippen LogP contribution in [-0.2, 0) is 4.79 Å². The predicted molar refractivity (Wildman–Crippen MR) is 93.9 cm³/mol. The summed E-state index contributed by atoms with van der Waals surface area (Å²) in [5.41, 5.74) is 0.885. The minimum Gasteiger partial charge on any atom is -0.359 e. The van der Waals surface area contributed by atoms with Crippen molar-refractivity contribution in [1.29, 1.82) is 0 Å².